The van der Waals surface area contributed by atoms with E-state index in [1.165, 1.54) is 0 Å². The van der Waals surface area contributed by atoms with Crippen molar-refractivity contribution in [1.82, 2.24) is 4.90 Å². The molecular weight excluding hydrogens is 306 g/mol. The smallest absolute Gasteiger partial charge is 0.165 e. The summed E-state index contributed by atoms with van der Waals surface area (Å²) < 4.78 is 6.57. The highest BCUT2D eigenvalue weighted by atomic mass is 79.9. The molecule has 104 valence electrons. The number of hydrogen-bond acceptors (Lipinski definition) is 3. The Labute approximate surface area is 123 Å². The molecule has 3 nitrogen and oxygen atoms in total. The number of carbonyl (C=O) groups excluding carboxylic acids is 1. The van der Waals surface area contributed by atoms with E-state index in [0.29, 0.717) is 6.42 Å². The quantitative estimate of drug-likeness (QED) is 0.796. The summed E-state index contributed by atoms with van der Waals surface area (Å²) in [5, 5.41) is 0. The molecule has 2 rings (SSSR count). The molecule has 2 atom stereocenters. The van der Waals surface area contributed by atoms with Crippen LogP contribution >= 0.6 is 15.9 Å². The van der Waals surface area contributed by atoms with Gasteiger partial charge in [0.1, 0.15) is 0 Å². The van der Waals surface area contributed by atoms with Crippen LogP contribution in [0.5, 0.6) is 0 Å². The van der Waals surface area contributed by atoms with Crippen LogP contribution in [0, 0.1) is 0 Å². The lowest BCUT2D eigenvalue weighted by Crippen LogP contribution is -2.46. The standard InChI is InChI=1S/C15H20BrNO2/c1-11-9-17(10-12(2)19-11)8-7-15(18)13-5-3-4-6-14(13)16/h3-6,11-12H,7-10H2,1-2H3/t11-,12+. The van der Waals surface area contributed by atoms with Gasteiger partial charge in [-0.3, -0.25) is 9.69 Å². The first-order chi connectivity index (χ1) is 9.06. The van der Waals surface area contributed by atoms with Crippen molar-refractivity contribution in [3.05, 3.63) is 34.3 Å². The highest BCUT2D eigenvalue weighted by molar-refractivity contribution is 9.10. The normalized spacial score (nSPS) is 24.4. The summed E-state index contributed by atoms with van der Waals surface area (Å²) in [4.78, 5) is 14.5. The molecule has 1 aromatic rings. The molecule has 1 aromatic carbocycles. The second-order valence-corrected chi connectivity index (χ2v) is 6.02. The Morgan fingerprint density at radius 3 is 2.58 bits per heavy atom. The number of nitrogens with zero attached hydrogens (tertiary/aromatic N) is 1. The maximum Gasteiger partial charge on any atom is 0.165 e. The monoisotopic (exact) mass is 325 g/mol. The third-order valence-electron chi connectivity index (χ3n) is 3.32. The van der Waals surface area contributed by atoms with Gasteiger partial charge in [0, 0.05) is 36.1 Å². The van der Waals surface area contributed by atoms with Gasteiger partial charge in [0.25, 0.3) is 0 Å². The molecule has 1 heterocycles. The van der Waals surface area contributed by atoms with Gasteiger partial charge in [-0.2, -0.15) is 0 Å². The van der Waals surface area contributed by atoms with Crippen LogP contribution in [-0.4, -0.2) is 42.5 Å². The van der Waals surface area contributed by atoms with Gasteiger partial charge in [0.2, 0.25) is 0 Å². The fourth-order valence-electron chi connectivity index (χ4n) is 2.55. The Kier molecular flexibility index (Phi) is 5.13. The zero-order chi connectivity index (χ0) is 13.8. The van der Waals surface area contributed by atoms with E-state index in [2.05, 4.69) is 34.7 Å². The van der Waals surface area contributed by atoms with E-state index in [1.807, 2.05) is 24.3 Å². The number of Topliss-reactive ketones (excluding diaryl/α,β-unsaturated/α-hetero) is 1. The van der Waals surface area contributed by atoms with Crippen molar-refractivity contribution in [2.45, 2.75) is 32.5 Å². The second kappa shape index (κ2) is 6.64. The Balaban J connectivity index is 1.89. The van der Waals surface area contributed by atoms with Gasteiger partial charge in [0.05, 0.1) is 12.2 Å². The van der Waals surface area contributed by atoms with E-state index in [-0.39, 0.29) is 18.0 Å². The third-order valence-corrected chi connectivity index (χ3v) is 4.02. The van der Waals surface area contributed by atoms with Crippen LogP contribution < -0.4 is 0 Å². The van der Waals surface area contributed by atoms with Gasteiger partial charge >= 0.3 is 0 Å². The van der Waals surface area contributed by atoms with Gasteiger partial charge in [-0.15, -0.1) is 0 Å². The molecule has 4 heteroatoms. The van der Waals surface area contributed by atoms with E-state index < -0.39 is 0 Å². The van der Waals surface area contributed by atoms with Crippen molar-refractivity contribution in [2.24, 2.45) is 0 Å². The van der Waals surface area contributed by atoms with E-state index in [1.54, 1.807) is 0 Å². The van der Waals surface area contributed by atoms with Gasteiger partial charge in [-0.25, -0.2) is 0 Å². The predicted octanol–water partition coefficient (Wildman–Crippen LogP) is 3.13. The number of rotatable bonds is 4. The molecule has 0 unspecified atom stereocenters. The summed E-state index contributed by atoms with van der Waals surface area (Å²) in [6.45, 7) is 6.79. The average molecular weight is 326 g/mol. The number of ketones is 1. The van der Waals surface area contributed by atoms with Gasteiger partial charge in [-0.05, 0) is 19.9 Å². The lowest BCUT2D eigenvalue weighted by atomic mass is 10.1. The van der Waals surface area contributed by atoms with Crippen LogP contribution in [0.2, 0.25) is 0 Å². The van der Waals surface area contributed by atoms with Crippen molar-refractivity contribution in [2.75, 3.05) is 19.6 Å². The average Bonchev–Trinajstić information content (AvgIpc) is 2.35. The molecule has 0 bridgehead atoms. The summed E-state index contributed by atoms with van der Waals surface area (Å²) in [6, 6.07) is 7.60. The molecule has 0 saturated carbocycles. The first-order valence-corrected chi connectivity index (χ1v) is 7.51. The predicted molar refractivity (Wildman–Crippen MR) is 79.5 cm³/mol. The molecule has 19 heavy (non-hydrogen) atoms. The molecule has 1 aliphatic heterocycles. The minimum atomic E-state index is 0.194. The van der Waals surface area contributed by atoms with Gasteiger partial charge in [-0.1, -0.05) is 34.1 Å². The molecule has 0 aliphatic carbocycles. The Morgan fingerprint density at radius 1 is 1.32 bits per heavy atom. The van der Waals surface area contributed by atoms with E-state index in [0.717, 1.165) is 29.7 Å². The number of halogens is 1. The zero-order valence-corrected chi connectivity index (χ0v) is 13.0. The van der Waals surface area contributed by atoms with Crippen molar-refractivity contribution in [3.8, 4) is 0 Å². The molecule has 0 N–H and O–H groups in total. The fraction of sp³-hybridized carbons (Fsp3) is 0.533. The lowest BCUT2D eigenvalue weighted by molar-refractivity contribution is -0.0675. The van der Waals surface area contributed by atoms with Crippen LogP contribution in [0.4, 0.5) is 0 Å². The van der Waals surface area contributed by atoms with Crippen LogP contribution in [-0.2, 0) is 4.74 Å². The Morgan fingerprint density at radius 2 is 1.95 bits per heavy atom. The first-order valence-electron chi connectivity index (χ1n) is 6.72. The van der Waals surface area contributed by atoms with Crippen LogP contribution in [0.3, 0.4) is 0 Å². The van der Waals surface area contributed by atoms with Crippen molar-refractivity contribution in [3.63, 3.8) is 0 Å². The third kappa shape index (κ3) is 4.13. The van der Waals surface area contributed by atoms with E-state index >= 15 is 0 Å². The summed E-state index contributed by atoms with van der Waals surface area (Å²) in [5.74, 6) is 0.194. The largest absolute Gasteiger partial charge is 0.373 e. The molecular formula is C15H20BrNO2. The van der Waals surface area contributed by atoms with Crippen LogP contribution in [0.1, 0.15) is 30.6 Å². The number of morpholine rings is 1. The van der Waals surface area contributed by atoms with Gasteiger partial charge < -0.3 is 4.74 Å². The lowest BCUT2D eigenvalue weighted by Gasteiger charge is -2.35. The Hall–Kier alpha value is -0.710. The summed E-state index contributed by atoms with van der Waals surface area (Å²) in [6.07, 6.45) is 1.06. The zero-order valence-electron chi connectivity index (χ0n) is 11.4. The van der Waals surface area contributed by atoms with Crippen molar-refractivity contribution in [1.29, 1.82) is 0 Å². The molecule has 0 aromatic heterocycles. The minimum absolute atomic E-state index is 0.194. The second-order valence-electron chi connectivity index (χ2n) is 5.17. The highest BCUT2D eigenvalue weighted by Gasteiger charge is 2.22. The van der Waals surface area contributed by atoms with Gasteiger partial charge in [0.15, 0.2) is 5.78 Å². The number of ether oxygens (including phenoxy) is 1. The SMILES string of the molecule is C[C@@H]1CN(CCC(=O)c2ccccc2Br)C[C@H](C)O1. The summed E-state index contributed by atoms with van der Waals surface area (Å²) >= 11 is 3.43. The van der Waals surface area contributed by atoms with Crippen LogP contribution in [0.15, 0.2) is 28.7 Å². The summed E-state index contributed by atoms with van der Waals surface area (Å²) in [5.41, 5.74) is 0.775. The first kappa shape index (κ1) is 14.7. The fourth-order valence-corrected chi connectivity index (χ4v) is 3.05. The number of benzene rings is 1. The minimum Gasteiger partial charge on any atom is -0.373 e. The number of hydrogen-bond donors (Lipinski definition) is 0. The molecule has 0 radical (unpaired) electrons. The molecule has 0 amide bonds. The highest BCUT2D eigenvalue weighted by Crippen LogP contribution is 2.18. The maximum atomic E-state index is 12.2. The maximum absolute atomic E-state index is 12.2. The topological polar surface area (TPSA) is 29.5 Å². The van der Waals surface area contributed by atoms with Crippen LogP contribution in [0.25, 0.3) is 0 Å². The van der Waals surface area contributed by atoms with Crippen molar-refractivity contribution < 1.29 is 9.53 Å². The molecule has 0 spiro atoms. The van der Waals surface area contributed by atoms with E-state index in [9.17, 15) is 4.79 Å². The van der Waals surface area contributed by atoms with Crippen molar-refractivity contribution >= 4 is 21.7 Å². The number of carbonyl (C=O) groups is 1. The Bertz CT molecular complexity index is 440. The molecule has 1 fully saturated rings. The van der Waals surface area contributed by atoms with E-state index in [4.69, 9.17) is 4.74 Å². The molecule has 1 saturated heterocycles. The summed E-state index contributed by atoms with van der Waals surface area (Å²) in [7, 11) is 0. The molecule has 1 aliphatic rings.